The van der Waals surface area contributed by atoms with Crippen molar-refractivity contribution < 1.29 is 19.4 Å². The van der Waals surface area contributed by atoms with Crippen LogP contribution in [0.3, 0.4) is 0 Å². The van der Waals surface area contributed by atoms with Crippen molar-refractivity contribution in [1.82, 2.24) is 0 Å². The monoisotopic (exact) mass is 305 g/mol. The number of hydrogen-bond donors (Lipinski definition) is 2. The maximum absolute atomic E-state index is 12.1. The summed E-state index contributed by atoms with van der Waals surface area (Å²) in [6.07, 6.45) is 0. The minimum Gasteiger partial charge on any atom is -0.508 e. The smallest absolute Gasteiger partial charge is 0.348 e. The molecule has 0 fully saturated rings. The van der Waals surface area contributed by atoms with Crippen molar-refractivity contribution in [2.75, 3.05) is 11.9 Å². The molecule has 0 saturated heterocycles. The van der Waals surface area contributed by atoms with Crippen LogP contribution in [0.15, 0.2) is 30.3 Å². The number of ether oxygens (including phenoxy) is 1. The standard InChI is InChI=1S/C15H15NO4S/c1-3-20-15(19)13-9(2)7-12(21-13)16-14(18)10-5-4-6-11(17)8-10/h4-8,17H,3H2,1-2H3,(H,16,18). The van der Waals surface area contributed by atoms with Gasteiger partial charge in [0.2, 0.25) is 0 Å². The van der Waals surface area contributed by atoms with Crippen LogP contribution in [0.25, 0.3) is 0 Å². The summed E-state index contributed by atoms with van der Waals surface area (Å²) in [7, 11) is 0. The second-order valence-electron chi connectivity index (χ2n) is 4.35. The molecule has 1 aromatic heterocycles. The number of phenols is 1. The maximum atomic E-state index is 12.1. The SMILES string of the molecule is CCOC(=O)c1sc(NC(=O)c2cccc(O)c2)cc1C. The number of phenolic OH excluding ortho intramolecular Hbond substituents is 1. The van der Waals surface area contributed by atoms with E-state index in [0.29, 0.717) is 22.0 Å². The van der Waals surface area contributed by atoms with Crippen LogP contribution in [0.1, 0.15) is 32.5 Å². The number of benzene rings is 1. The third-order valence-corrected chi connectivity index (χ3v) is 3.86. The largest absolute Gasteiger partial charge is 0.508 e. The molecule has 0 saturated carbocycles. The minimum atomic E-state index is -0.391. The Kier molecular flexibility index (Phi) is 4.59. The van der Waals surface area contributed by atoms with Crippen molar-refractivity contribution >= 4 is 28.2 Å². The number of nitrogens with one attached hydrogen (secondary N) is 1. The molecule has 0 spiro atoms. The number of carbonyl (C=O) groups is 2. The van der Waals surface area contributed by atoms with Crippen LogP contribution < -0.4 is 5.32 Å². The van der Waals surface area contributed by atoms with E-state index in [-0.39, 0.29) is 11.7 Å². The van der Waals surface area contributed by atoms with E-state index in [1.54, 1.807) is 32.0 Å². The van der Waals surface area contributed by atoms with E-state index in [9.17, 15) is 14.7 Å². The maximum Gasteiger partial charge on any atom is 0.348 e. The number of esters is 1. The molecule has 6 heteroatoms. The van der Waals surface area contributed by atoms with E-state index < -0.39 is 5.97 Å². The average Bonchev–Trinajstić information content (AvgIpc) is 2.80. The van der Waals surface area contributed by atoms with E-state index in [4.69, 9.17) is 4.74 Å². The van der Waals surface area contributed by atoms with Crippen LogP contribution in [-0.4, -0.2) is 23.6 Å². The first-order valence-corrected chi connectivity index (χ1v) is 7.21. The molecule has 0 bridgehead atoms. The lowest BCUT2D eigenvalue weighted by Crippen LogP contribution is -2.10. The lowest BCUT2D eigenvalue weighted by Gasteiger charge is -2.02. The van der Waals surface area contributed by atoms with Gasteiger partial charge in [-0.3, -0.25) is 4.79 Å². The molecule has 5 nitrogen and oxygen atoms in total. The van der Waals surface area contributed by atoms with Gasteiger partial charge in [-0.25, -0.2) is 4.79 Å². The minimum absolute atomic E-state index is 0.0252. The Morgan fingerprint density at radius 1 is 1.33 bits per heavy atom. The number of amides is 1. The Morgan fingerprint density at radius 3 is 2.76 bits per heavy atom. The third kappa shape index (κ3) is 3.61. The summed E-state index contributed by atoms with van der Waals surface area (Å²) in [4.78, 5) is 24.2. The molecule has 0 unspecified atom stereocenters. The molecule has 0 atom stereocenters. The fraction of sp³-hybridized carbons (Fsp3) is 0.200. The summed E-state index contributed by atoms with van der Waals surface area (Å²) < 4.78 is 4.95. The number of carbonyl (C=O) groups excluding carboxylic acids is 2. The quantitative estimate of drug-likeness (QED) is 0.851. The highest BCUT2D eigenvalue weighted by molar-refractivity contribution is 7.18. The Labute approximate surface area is 126 Å². The summed E-state index contributed by atoms with van der Waals surface area (Å²) >= 11 is 1.17. The molecule has 1 amide bonds. The number of aromatic hydroxyl groups is 1. The summed E-state index contributed by atoms with van der Waals surface area (Å²) in [6.45, 7) is 3.83. The van der Waals surface area contributed by atoms with Gasteiger partial charge >= 0.3 is 5.97 Å². The zero-order valence-corrected chi connectivity index (χ0v) is 12.5. The van der Waals surface area contributed by atoms with Gasteiger partial charge in [0, 0.05) is 5.56 Å². The number of rotatable bonds is 4. The summed E-state index contributed by atoms with van der Waals surface area (Å²) in [5, 5.41) is 12.6. The Bertz CT molecular complexity index is 678. The number of thiophene rings is 1. The molecule has 0 aliphatic heterocycles. The van der Waals surface area contributed by atoms with E-state index in [2.05, 4.69) is 5.32 Å². The first kappa shape index (κ1) is 15.1. The lowest BCUT2D eigenvalue weighted by atomic mass is 10.2. The van der Waals surface area contributed by atoms with Crippen LogP contribution in [0.4, 0.5) is 5.00 Å². The zero-order chi connectivity index (χ0) is 15.4. The number of aryl methyl sites for hydroxylation is 1. The van der Waals surface area contributed by atoms with E-state index in [1.165, 1.54) is 23.5 Å². The Hall–Kier alpha value is -2.34. The average molecular weight is 305 g/mol. The van der Waals surface area contributed by atoms with Crippen LogP contribution in [0, 0.1) is 6.92 Å². The first-order valence-electron chi connectivity index (χ1n) is 6.39. The lowest BCUT2D eigenvalue weighted by molar-refractivity contribution is 0.0531. The van der Waals surface area contributed by atoms with Crippen molar-refractivity contribution in [2.24, 2.45) is 0 Å². The Morgan fingerprint density at radius 2 is 2.10 bits per heavy atom. The number of hydrogen-bond acceptors (Lipinski definition) is 5. The van der Waals surface area contributed by atoms with Gasteiger partial charge in [-0.2, -0.15) is 0 Å². The van der Waals surface area contributed by atoms with Crippen molar-refractivity contribution in [1.29, 1.82) is 0 Å². The molecular weight excluding hydrogens is 290 g/mol. The third-order valence-electron chi connectivity index (χ3n) is 2.72. The van der Waals surface area contributed by atoms with Crippen LogP contribution in [0.5, 0.6) is 5.75 Å². The highest BCUT2D eigenvalue weighted by atomic mass is 32.1. The fourth-order valence-electron chi connectivity index (χ4n) is 1.77. The molecule has 0 radical (unpaired) electrons. The van der Waals surface area contributed by atoms with Gasteiger partial charge in [0.05, 0.1) is 11.6 Å². The Balaban J connectivity index is 2.15. The van der Waals surface area contributed by atoms with Gasteiger partial charge in [-0.05, 0) is 43.7 Å². The predicted octanol–water partition coefficient (Wildman–Crippen LogP) is 3.19. The van der Waals surface area contributed by atoms with E-state index in [0.717, 1.165) is 5.56 Å². The highest BCUT2D eigenvalue weighted by Gasteiger charge is 2.16. The molecule has 2 rings (SSSR count). The van der Waals surface area contributed by atoms with E-state index in [1.807, 2.05) is 0 Å². The van der Waals surface area contributed by atoms with Crippen LogP contribution >= 0.6 is 11.3 Å². The number of anilines is 1. The van der Waals surface area contributed by atoms with Gasteiger partial charge in [0.1, 0.15) is 10.6 Å². The molecule has 21 heavy (non-hydrogen) atoms. The molecule has 2 N–H and O–H groups in total. The van der Waals surface area contributed by atoms with Gasteiger partial charge < -0.3 is 15.2 Å². The van der Waals surface area contributed by atoms with Gasteiger partial charge in [0.25, 0.3) is 5.91 Å². The van der Waals surface area contributed by atoms with Crippen molar-refractivity contribution in [3.8, 4) is 5.75 Å². The van der Waals surface area contributed by atoms with Crippen molar-refractivity contribution in [3.63, 3.8) is 0 Å². The van der Waals surface area contributed by atoms with Crippen molar-refractivity contribution in [3.05, 3.63) is 46.3 Å². The van der Waals surface area contributed by atoms with Crippen LogP contribution in [-0.2, 0) is 4.74 Å². The molecular formula is C15H15NO4S. The van der Waals surface area contributed by atoms with Gasteiger partial charge in [0.15, 0.2) is 0 Å². The summed E-state index contributed by atoms with van der Waals surface area (Å²) in [5.41, 5.74) is 1.10. The predicted molar refractivity (Wildman–Crippen MR) is 81.1 cm³/mol. The molecule has 1 heterocycles. The fourth-order valence-corrected chi connectivity index (χ4v) is 2.74. The summed E-state index contributed by atoms with van der Waals surface area (Å²) in [6, 6.07) is 7.78. The molecule has 110 valence electrons. The van der Waals surface area contributed by atoms with Gasteiger partial charge in [-0.15, -0.1) is 11.3 Å². The topological polar surface area (TPSA) is 75.6 Å². The van der Waals surface area contributed by atoms with Crippen LogP contribution in [0.2, 0.25) is 0 Å². The van der Waals surface area contributed by atoms with Gasteiger partial charge in [-0.1, -0.05) is 6.07 Å². The molecule has 1 aromatic carbocycles. The molecule has 0 aliphatic carbocycles. The second kappa shape index (κ2) is 6.41. The normalized spacial score (nSPS) is 10.2. The first-order chi connectivity index (χ1) is 10.0. The zero-order valence-electron chi connectivity index (χ0n) is 11.7. The summed E-state index contributed by atoms with van der Waals surface area (Å²) in [5.74, 6) is -0.711. The van der Waals surface area contributed by atoms with Crippen molar-refractivity contribution in [2.45, 2.75) is 13.8 Å². The molecule has 0 aliphatic rings. The van der Waals surface area contributed by atoms with E-state index >= 15 is 0 Å². The second-order valence-corrected chi connectivity index (χ2v) is 5.40. The highest BCUT2D eigenvalue weighted by Crippen LogP contribution is 2.28. The molecule has 2 aromatic rings.